The SMILES string of the molecule is CCCO[Si](CCCNC(=O)/N=N/C(=O)OCC)(OCCC)OCCC. The van der Waals surface area contributed by atoms with Crippen molar-refractivity contribution in [3.05, 3.63) is 0 Å². The molecule has 0 rings (SSSR count). The van der Waals surface area contributed by atoms with Crippen LogP contribution in [0.3, 0.4) is 0 Å². The maximum Gasteiger partial charge on any atom is 0.501 e. The summed E-state index contributed by atoms with van der Waals surface area (Å²) < 4.78 is 22.5. The van der Waals surface area contributed by atoms with Gasteiger partial charge in [-0.3, -0.25) is 0 Å². The molecule has 0 fully saturated rings. The van der Waals surface area contributed by atoms with E-state index in [2.05, 4.69) is 20.3 Å². The molecule has 0 saturated carbocycles. The van der Waals surface area contributed by atoms with E-state index in [1.54, 1.807) is 6.92 Å². The molecular formula is C16H33N3O6Si. The summed E-state index contributed by atoms with van der Waals surface area (Å²) in [6, 6.07) is -0.0915. The van der Waals surface area contributed by atoms with Gasteiger partial charge in [-0.2, -0.15) is 0 Å². The summed E-state index contributed by atoms with van der Waals surface area (Å²) in [6.45, 7) is 10.0. The molecule has 0 atom stereocenters. The highest BCUT2D eigenvalue weighted by Crippen LogP contribution is 2.19. The molecule has 3 amide bonds. The van der Waals surface area contributed by atoms with Gasteiger partial charge in [-0.15, -0.1) is 0 Å². The van der Waals surface area contributed by atoms with Crippen molar-refractivity contribution in [3.63, 3.8) is 0 Å². The van der Waals surface area contributed by atoms with Gasteiger partial charge in [0.15, 0.2) is 0 Å². The van der Waals surface area contributed by atoms with Crippen LogP contribution in [0.1, 0.15) is 53.4 Å². The van der Waals surface area contributed by atoms with E-state index in [1.807, 2.05) is 20.8 Å². The van der Waals surface area contributed by atoms with E-state index in [9.17, 15) is 9.59 Å². The number of carbonyl (C=O) groups is 2. The zero-order chi connectivity index (χ0) is 19.7. The van der Waals surface area contributed by atoms with Crippen molar-refractivity contribution >= 4 is 20.9 Å². The molecule has 0 aromatic heterocycles. The molecule has 0 bridgehead atoms. The second-order valence-corrected chi connectivity index (χ2v) is 8.19. The molecule has 0 aliphatic rings. The molecule has 0 aliphatic carbocycles. The van der Waals surface area contributed by atoms with Gasteiger partial charge in [0.05, 0.1) is 6.61 Å². The first-order valence-electron chi connectivity index (χ1n) is 9.31. The summed E-state index contributed by atoms with van der Waals surface area (Å²) >= 11 is 0. The predicted octanol–water partition coefficient (Wildman–Crippen LogP) is 3.91. The number of carbonyl (C=O) groups excluding carboxylic acids is 2. The Labute approximate surface area is 157 Å². The fourth-order valence-corrected chi connectivity index (χ4v) is 4.73. The van der Waals surface area contributed by atoms with E-state index in [0.717, 1.165) is 19.3 Å². The van der Waals surface area contributed by atoms with Crippen LogP contribution in [0.2, 0.25) is 6.04 Å². The lowest BCUT2D eigenvalue weighted by Gasteiger charge is -2.29. The number of rotatable bonds is 14. The summed E-state index contributed by atoms with van der Waals surface area (Å²) in [5.74, 6) is 0. The van der Waals surface area contributed by atoms with Crippen LogP contribution in [0.4, 0.5) is 9.59 Å². The third-order valence-corrected chi connectivity index (χ3v) is 5.90. The summed E-state index contributed by atoms with van der Waals surface area (Å²) in [4.78, 5) is 22.5. The molecule has 0 saturated heterocycles. The average molecular weight is 392 g/mol. The lowest BCUT2D eigenvalue weighted by Crippen LogP contribution is -2.47. The summed E-state index contributed by atoms with van der Waals surface area (Å²) in [6.07, 6.45) is 2.37. The van der Waals surface area contributed by atoms with Gasteiger partial charge in [0.25, 0.3) is 0 Å². The number of hydrogen-bond donors (Lipinski definition) is 1. The molecule has 1 N–H and O–H groups in total. The zero-order valence-corrected chi connectivity index (χ0v) is 17.4. The Bertz CT molecular complexity index is 401. The molecule has 0 heterocycles. The maximum atomic E-state index is 11.5. The van der Waals surface area contributed by atoms with Crippen LogP contribution < -0.4 is 5.32 Å². The largest absolute Gasteiger partial charge is 0.501 e. The molecule has 152 valence electrons. The number of ether oxygens (including phenoxy) is 1. The minimum absolute atomic E-state index is 0.180. The Morgan fingerprint density at radius 1 is 0.885 bits per heavy atom. The van der Waals surface area contributed by atoms with Crippen molar-refractivity contribution in [1.82, 2.24) is 5.32 Å². The number of amides is 3. The van der Waals surface area contributed by atoms with Gasteiger partial charge in [0.2, 0.25) is 0 Å². The first kappa shape index (κ1) is 24.6. The highest BCUT2D eigenvalue weighted by molar-refractivity contribution is 6.60. The van der Waals surface area contributed by atoms with Crippen molar-refractivity contribution in [2.24, 2.45) is 10.2 Å². The topological polar surface area (TPSA) is 108 Å². The van der Waals surface area contributed by atoms with E-state index in [-0.39, 0.29) is 6.61 Å². The van der Waals surface area contributed by atoms with Gasteiger partial charge in [0, 0.05) is 32.4 Å². The number of nitrogens with one attached hydrogen (secondary N) is 1. The molecular weight excluding hydrogens is 358 g/mol. The molecule has 0 radical (unpaired) electrons. The van der Waals surface area contributed by atoms with Crippen LogP contribution in [0.15, 0.2) is 10.2 Å². The van der Waals surface area contributed by atoms with Crippen LogP contribution >= 0.6 is 0 Å². The van der Waals surface area contributed by atoms with Crippen molar-refractivity contribution in [2.45, 2.75) is 59.4 Å². The quantitative estimate of drug-likeness (QED) is 0.273. The second kappa shape index (κ2) is 15.9. The first-order chi connectivity index (χ1) is 12.5. The van der Waals surface area contributed by atoms with Crippen molar-refractivity contribution in [3.8, 4) is 0 Å². The summed E-state index contributed by atoms with van der Waals surface area (Å²) in [7, 11) is -2.76. The lowest BCUT2D eigenvalue weighted by molar-refractivity contribution is 0.0588. The van der Waals surface area contributed by atoms with Gasteiger partial charge in [0.1, 0.15) is 0 Å². The van der Waals surface area contributed by atoms with Gasteiger partial charge >= 0.3 is 20.9 Å². The van der Waals surface area contributed by atoms with Crippen molar-refractivity contribution in [1.29, 1.82) is 0 Å². The number of nitrogens with zero attached hydrogens (tertiary/aromatic N) is 2. The van der Waals surface area contributed by atoms with Crippen LogP contribution in [0.5, 0.6) is 0 Å². The highest BCUT2D eigenvalue weighted by atomic mass is 28.4. The number of azo groups is 1. The van der Waals surface area contributed by atoms with E-state index in [4.69, 9.17) is 13.3 Å². The fraction of sp³-hybridized carbons (Fsp3) is 0.875. The zero-order valence-electron chi connectivity index (χ0n) is 16.4. The maximum absolute atomic E-state index is 11.5. The predicted molar refractivity (Wildman–Crippen MR) is 99.2 cm³/mol. The molecule has 0 spiro atoms. The third-order valence-electron chi connectivity index (χ3n) is 3.00. The normalized spacial score (nSPS) is 11.7. The van der Waals surface area contributed by atoms with Gasteiger partial charge in [-0.1, -0.05) is 31.0 Å². The van der Waals surface area contributed by atoms with Crippen LogP contribution in [0.25, 0.3) is 0 Å². The fourth-order valence-electron chi connectivity index (χ4n) is 1.89. The van der Waals surface area contributed by atoms with E-state index < -0.39 is 20.9 Å². The van der Waals surface area contributed by atoms with Crippen molar-refractivity contribution in [2.75, 3.05) is 33.0 Å². The first-order valence-corrected chi connectivity index (χ1v) is 11.2. The number of hydrogen-bond acceptors (Lipinski definition) is 6. The van der Waals surface area contributed by atoms with E-state index in [1.165, 1.54) is 0 Å². The van der Waals surface area contributed by atoms with Crippen LogP contribution in [-0.4, -0.2) is 53.9 Å². The van der Waals surface area contributed by atoms with Gasteiger partial charge in [-0.25, -0.2) is 9.59 Å². The molecule has 0 unspecified atom stereocenters. The Kier molecular flexibility index (Phi) is 15.0. The summed E-state index contributed by atoms with van der Waals surface area (Å²) in [5, 5.41) is 8.96. The standard InChI is InChI=1S/C16H33N3O6Si/c1-5-11-23-26(24-12-6-2,25-13-7-3)14-9-10-17-15(20)18-19-16(21)22-8-4/h5-14H2,1-4H3,(H,17,20)/b19-18+. The Morgan fingerprint density at radius 2 is 1.42 bits per heavy atom. The Balaban J connectivity index is 4.47. The second-order valence-electron chi connectivity index (χ2n) is 5.46. The molecule has 26 heavy (non-hydrogen) atoms. The monoisotopic (exact) mass is 391 g/mol. The highest BCUT2D eigenvalue weighted by Gasteiger charge is 2.40. The Morgan fingerprint density at radius 3 is 1.88 bits per heavy atom. The Hall–Kier alpha value is -1.36. The third kappa shape index (κ3) is 12.1. The molecule has 9 nitrogen and oxygen atoms in total. The number of urea groups is 1. The van der Waals surface area contributed by atoms with E-state index in [0.29, 0.717) is 38.8 Å². The molecule has 10 heteroatoms. The van der Waals surface area contributed by atoms with Gasteiger partial charge in [-0.05, 0) is 32.6 Å². The van der Waals surface area contributed by atoms with Gasteiger partial charge < -0.3 is 23.3 Å². The molecule has 0 aliphatic heterocycles. The molecule has 0 aromatic carbocycles. The average Bonchev–Trinajstić information content (AvgIpc) is 2.64. The van der Waals surface area contributed by atoms with Crippen molar-refractivity contribution < 1.29 is 27.6 Å². The smallest absolute Gasteiger partial charge is 0.447 e. The minimum atomic E-state index is -2.76. The summed E-state index contributed by atoms with van der Waals surface area (Å²) in [5.41, 5.74) is 0. The lowest BCUT2D eigenvalue weighted by atomic mass is 10.5. The van der Waals surface area contributed by atoms with Crippen LogP contribution in [0, 0.1) is 0 Å². The van der Waals surface area contributed by atoms with E-state index >= 15 is 0 Å². The van der Waals surface area contributed by atoms with Crippen LogP contribution in [-0.2, 0) is 18.0 Å². The minimum Gasteiger partial charge on any atom is -0.447 e. The molecule has 0 aromatic rings.